The minimum absolute atomic E-state index is 0.0942. The second kappa shape index (κ2) is 5.38. The lowest BCUT2D eigenvalue weighted by molar-refractivity contribution is 0.354. The van der Waals surface area contributed by atoms with Crippen molar-refractivity contribution in [3.8, 4) is 0 Å². The van der Waals surface area contributed by atoms with Crippen LogP contribution in [0.4, 0.5) is 10.1 Å². The Kier molecular flexibility index (Phi) is 4.08. The molecular weight excluding hydrogens is 281 g/mol. The van der Waals surface area contributed by atoms with Crippen LogP contribution >= 0.6 is 15.9 Å². The van der Waals surface area contributed by atoms with Crippen molar-refractivity contribution >= 4 is 21.6 Å². The molecule has 1 heterocycles. The summed E-state index contributed by atoms with van der Waals surface area (Å²) in [7, 11) is 0. The Hall–Kier alpha value is -0.570. The zero-order valence-corrected chi connectivity index (χ0v) is 12.0. The summed E-state index contributed by atoms with van der Waals surface area (Å²) < 4.78 is 14.0. The third kappa shape index (κ3) is 3.01. The second-order valence-corrected chi connectivity index (χ2v) is 5.83. The highest BCUT2D eigenvalue weighted by Gasteiger charge is 2.23. The van der Waals surface area contributed by atoms with E-state index in [1.165, 1.54) is 6.42 Å². The predicted molar refractivity (Wildman–Crippen MR) is 74.2 cm³/mol. The highest BCUT2D eigenvalue weighted by Crippen LogP contribution is 2.28. The maximum atomic E-state index is 14.0. The van der Waals surface area contributed by atoms with E-state index in [1.54, 1.807) is 6.07 Å². The Morgan fingerprint density at radius 3 is 2.47 bits per heavy atom. The summed E-state index contributed by atoms with van der Waals surface area (Å²) in [5, 5.41) is 0.705. The van der Waals surface area contributed by atoms with Crippen LogP contribution in [-0.2, 0) is 5.33 Å². The largest absolute Gasteiger partial charge is 0.369 e. The van der Waals surface area contributed by atoms with Crippen LogP contribution in [-0.4, -0.2) is 13.1 Å². The Labute approximate surface area is 111 Å². The van der Waals surface area contributed by atoms with Gasteiger partial charge >= 0.3 is 0 Å². The first-order valence-electron chi connectivity index (χ1n) is 6.19. The minimum Gasteiger partial charge on any atom is -0.369 e. The van der Waals surface area contributed by atoms with Crippen molar-refractivity contribution in [1.29, 1.82) is 0 Å². The highest BCUT2D eigenvalue weighted by atomic mass is 79.9. The Bertz CT molecular complexity index is 384. The molecule has 1 aliphatic heterocycles. The molecule has 0 bridgehead atoms. The first-order valence-corrected chi connectivity index (χ1v) is 7.31. The normalized spacial score (nSPS) is 25.1. The summed E-state index contributed by atoms with van der Waals surface area (Å²) in [5.41, 5.74) is 1.75. The summed E-state index contributed by atoms with van der Waals surface area (Å²) >= 11 is 3.35. The molecule has 0 radical (unpaired) electrons. The van der Waals surface area contributed by atoms with Gasteiger partial charge in [-0.3, -0.25) is 0 Å². The van der Waals surface area contributed by atoms with Gasteiger partial charge in [-0.05, 0) is 36.0 Å². The summed E-state index contributed by atoms with van der Waals surface area (Å²) in [4.78, 5) is 2.19. The van der Waals surface area contributed by atoms with Gasteiger partial charge in [0.2, 0.25) is 0 Å². The fourth-order valence-electron chi connectivity index (χ4n) is 2.75. The summed E-state index contributed by atoms with van der Waals surface area (Å²) in [6.07, 6.45) is 1.25. The van der Waals surface area contributed by atoms with E-state index in [0.717, 1.165) is 24.3 Å². The van der Waals surface area contributed by atoms with E-state index >= 15 is 0 Å². The van der Waals surface area contributed by atoms with E-state index in [9.17, 15) is 4.39 Å². The fraction of sp³-hybridized carbons (Fsp3) is 0.571. The third-order valence-corrected chi connectivity index (χ3v) is 4.02. The Morgan fingerprint density at radius 1 is 1.29 bits per heavy atom. The van der Waals surface area contributed by atoms with Crippen LogP contribution in [0.1, 0.15) is 25.8 Å². The molecule has 0 aliphatic carbocycles. The Balaban J connectivity index is 2.21. The van der Waals surface area contributed by atoms with Crippen molar-refractivity contribution in [1.82, 2.24) is 0 Å². The topological polar surface area (TPSA) is 3.24 Å². The number of benzene rings is 1. The lowest BCUT2D eigenvalue weighted by atomic mass is 9.91. The highest BCUT2D eigenvalue weighted by molar-refractivity contribution is 9.08. The van der Waals surface area contributed by atoms with Gasteiger partial charge in [0.05, 0.1) is 5.69 Å². The molecule has 1 aliphatic rings. The number of alkyl halides is 1. The Morgan fingerprint density at radius 2 is 1.94 bits per heavy atom. The van der Waals surface area contributed by atoms with Gasteiger partial charge in [-0.15, -0.1) is 0 Å². The van der Waals surface area contributed by atoms with Crippen molar-refractivity contribution < 1.29 is 4.39 Å². The smallest absolute Gasteiger partial charge is 0.146 e. The zero-order valence-electron chi connectivity index (χ0n) is 10.4. The van der Waals surface area contributed by atoms with E-state index in [2.05, 4.69) is 34.7 Å². The van der Waals surface area contributed by atoms with Gasteiger partial charge in [0.1, 0.15) is 5.82 Å². The number of halogens is 2. The number of rotatable bonds is 2. The zero-order chi connectivity index (χ0) is 12.4. The molecule has 2 rings (SSSR count). The third-order valence-electron chi connectivity index (χ3n) is 3.38. The molecule has 0 amide bonds. The number of nitrogens with zero attached hydrogens (tertiary/aromatic N) is 1. The molecule has 0 spiro atoms. The first-order chi connectivity index (χ1) is 8.10. The van der Waals surface area contributed by atoms with E-state index < -0.39 is 0 Å². The molecule has 3 heteroatoms. The average molecular weight is 300 g/mol. The molecule has 1 saturated heterocycles. The van der Waals surface area contributed by atoms with Crippen molar-refractivity contribution in [2.24, 2.45) is 11.8 Å². The van der Waals surface area contributed by atoms with Crippen LogP contribution in [0, 0.1) is 17.7 Å². The molecular formula is C14H19BrFN. The van der Waals surface area contributed by atoms with Gasteiger partial charge in [-0.1, -0.05) is 35.8 Å². The van der Waals surface area contributed by atoms with Crippen molar-refractivity contribution in [2.75, 3.05) is 18.0 Å². The monoisotopic (exact) mass is 299 g/mol. The van der Waals surface area contributed by atoms with Crippen LogP contribution in [0.2, 0.25) is 0 Å². The molecule has 0 saturated carbocycles. The molecule has 2 unspecified atom stereocenters. The number of hydrogen-bond acceptors (Lipinski definition) is 1. The molecule has 0 N–H and O–H groups in total. The summed E-state index contributed by atoms with van der Waals surface area (Å²) in [5.74, 6) is 1.20. The van der Waals surface area contributed by atoms with Gasteiger partial charge in [0.25, 0.3) is 0 Å². The standard InChI is InChI=1S/C14H19BrFN/c1-10-5-11(2)9-17(8-10)14-4-3-12(7-15)6-13(14)16/h3-4,6,10-11H,5,7-9H2,1-2H3. The van der Waals surface area contributed by atoms with Gasteiger partial charge in [-0.25, -0.2) is 4.39 Å². The molecule has 2 atom stereocenters. The molecule has 1 aromatic carbocycles. The van der Waals surface area contributed by atoms with E-state index in [0.29, 0.717) is 17.2 Å². The predicted octanol–water partition coefficient (Wildman–Crippen LogP) is 4.20. The van der Waals surface area contributed by atoms with Crippen molar-refractivity contribution in [2.45, 2.75) is 25.6 Å². The van der Waals surface area contributed by atoms with Gasteiger partial charge < -0.3 is 4.90 Å². The fourth-order valence-corrected chi connectivity index (χ4v) is 3.10. The number of hydrogen-bond donors (Lipinski definition) is 0. The lowest BCUT2D eigenvalue weighted by Gasteiger charge is -2.36. The number of piperidine rings is 1. The van der Waals surface area contributed by atoms with Crippen LogP contribution in [0.5, 0.6) is 0 Å². The molecule has 94 valence electrons. The van der Waals surface area contributed by atoms with Gasteiger partial charge in [0.15, 0.2) is 0 Å². The van der Waals surface area contributed by atoms with Gasteiger partial charge in [0, 0.05) is 18.4 Å². The second-order valence-electron chi connectivity index (χ2n) is 5.27. The van der Waals surface area contributed by atoms with Gasteiger partial charge in [-0.2, -0.15) is 0 Å². The SMILES string of the molecule is CC1CC(C)CN(c2ccc(CBr)cc2F)C1. The number of anilines is 1. The van der Waals surface area contributed by atoms with Crippen LogP contribution in [0.25, 0.3) is 0 Å². The molecule has 1 fully saturated rings. The molecule has 1 nitrogen and oxygen atoms in total. The van der Waals surface area contributed by atoms with Crippen LogP contribution in [0.3, 0.4) is 0 Å². The van der Waals surface area contributed by atoms with E-state index in [4.69, 9.17) is 0 Å². The quantitative estimate of drug-likeness (QED) is 0.740. The van der Waals surface area contributed by atoms with Crippen molar-refractivity contribution in [3.05, 3.63) is 29.6 Å². The summed E-state index contributed by atoms with van der Waals surface area (Å²) in [6.45, 7) is 6.42. The lowest BCUT2D eigenvalue weighted by Crippen LogP contribution is -2.39. The maximum Gasteiger partial charge on any atom is 0.146 e. The van der Waals surface area contributed by atoms with Crippen LogP contribution in [0.15, 0.2) is 18.2 Å². The molecule has 17 heavy (non-hydrogen) atoms. The minimum atomic E-state index is -0.0942. The van der Waals surface area contributed by atoms with E-state index in [-0.39, 0.29) is 5.82 Å². The maximum absolute atomic E-state index is 14.0. The van der Waals surface area contributed by atoms with Crippen LogP contribution < -0.4 is 4.90 Å². The molecule has 0 aromatic heterocycles. The average Bonchev–Trinajstić information content (AvgIpc) is 2.27. The van der Waals surface area contributed by atoms with Crippen molar-refractivity contribution in [3.63, 3.8) is 0 Å². The van der Waals surface area contributed by atoms with E-state index in [1.807, 2.05) is 12.1 Å². The first kappa shape index (κ1) is 12.9. The molecule has 1 aromatic rings. The summed E-state index contributed by atoms with van der Waals surface area (Å²) in [6, 6.07) is 5.54.